The third-order valence-electron chi connectivity index (χ3n) is 2.50. The molecule has 7 heteroatoms. The summed E-state index contributed by atoms with van der Waals surface area (Å²) in [4.78, 5) is 10.0. The van der Waals surface area contributed by atoms with Crippen molar-refractivity contribution in [1.82, 2.24) is 5.32 Å². The number of nitrogens with one attached hydrogen (secondary N) is 1. The Labute approximate surface area is 120 Å². The van der Waals surface area contributed by atoms with Crippen molar-refractivity contribution in [2.24, 2.45) is 0 Å². The number of halogens is 2. The predicted octanol–water partition coefficient (Wildman–Crippen LogP) is 0.872. The number of carbonyl (C=O) groups is 1. The highest BCUT2D eigenvalue weighted by Gasteiger charge is 2.25. The van der Waals surface area contributed by atoms with E-state index in [0.29, 0.717) is 5.56 Å². The standard InChI is InChI=1S/C12H12Cl2N2O3/c13-11(14)12(19)16-9(6-17)10(18)8-4-2-1-3-7(8)5-15/h1-4,9-11,17-18H,6H2,(H,16,19). The summed E-state index contributed by atoms with van der Waals surface area (Å²) in [6.07, 6.45) is -1.24. The van der Waals surface area contributed by atoms with Crippen molar-refractivity contribution in [3.8, 4) is 6.07 Å². The van der Waals surface area contributed by atoms with Gasteiger partial charge in [0.05, 0.1) is 24.3 Å². The van der Waals surface area contributed by atoms with Crippen molar-refractivity contribution in [3.63, 3.8) is 0 Å². The Morgan fingerprint density at radius 1 is 1.42 bits per heavy atom. The number of aliphatic hydroxyl groups excluding tert-OH is 2. The summed E-state index contributed by atoms with van der Waals surface area (Å²) in [5.41, 5.74) is 0.570. The molecular weight excluding hydrogens is 291 g/mol. The normalized spacial score (nSPS) is 13.7. The number of amides is 1. The molecule has 1 aromatic rings. The van der Waals surface area contributed by atoms with Gasteiger partial charge in [-0.15, -0.1) is 0 Å². The molecule has 2 atom stereocenters. The zero-order valence-corrected chi connectivity index (χ0v) is 11.3. The average molecular weight is 303 g/mol. The van der Waals surface area contributed by atoms with Gasteiger partial charge < -0.3 is 15.5 Å². The number of nitriles is 1. The van der Waals surface area contributed by atoms with E-state index in [2.05, 4.69) is 5.32 Å². The monoisotopic (exact) mass is 302 g/mol. The fourth-order valence-electron chi connectivity index (χ4n) is 1.54. The molecule has 0 spiro atoms. The number of aliphatic hydroxyl groups is 2. The first-order valence-corrected chi connectivity index (χ1v) is 6.25. The van der Waals surface area contributed by atoms with Crippen LogP contribution in [0.2, 0.25) is 0 Å². The SMILES string of the molecule is N#Cc1ccccc1C(O)C(CO)NC(=O)C(Cl)Cl. The maximum atomic E-state index is 11.3. The lowest BCUT2D eigenvalue weighted by atomic mass is 9.98. The molecule has 0 aliphatic rings. The molecule has 0 heterocycles. The van der Waals surface area contributed by atoms with E-state index >= 15 is 0 Å². The minimum Gasteiger partial charge on any atom is -0.394 e. The number of hydrogen-bond donors (Lipinski definition) is 3. The molecule has 0 radical (unpaired) electrons. The molecule has 0 fully saturated rings. The van der Waals surface area contributed by atoms with E-state index in [1.54, 1.807) is 12.1 Å². The summed E-state index contributed by atoms with van der Waals surface area (Å²) in [5, 5.41) is 30.6. The summed E-state index contributed by atoms with van der Waals surface area (Å²) >= 11 is 10.8. The van der Waals surface area contributed by atoms with Crippen LogP contribution in [-0.4, -0.2) is 33.6 Å². The van der Waals surface area contributed by atoms with Crippen LogP contribution in [0.3, 0.4) is 0 Å². The Morgan fingerprint density at radius 2 is 2.05 bits per heavy atom. The lowest BCUT2D eigenvalue weighted by Gasteiger charge is -2.23. The van der Waals surface area contributed by atoms with Gasteiger partial charge in [0.25, 0.3) is 5.91 Å². The molecule has 1 aromatic carbocycles. The molecule has 19 heavy (non-hydrogen) atoms. The smallest absolute Gasteiger partial charge is 0.253 e. The van der Waals surface area contributed by atoms with E-state index in [0.717, 1.165) is 0 Å². The minimum absolute atomic E-state index is 0.260. The predicted molar refractivity (Wildman–Crippen MR) is 70.6 cm³/mol. The lowest BCUT2D eigenvalue weighted by Crippen LogP contribution is -2.44. The highest BCUT2D eigenvalue weighted by Crippen LogP contribution is 2.21. The van der Waals surface area contributed by atoms with Crippen molar-refractivity contribution in [3.05, 3.63) is 35.4 Å². The van der Waals surface area contributed by atoms with E-state index in [1.807, 2.05) is 6.07 Å². The van der Waals surface area contributed by atoms with Crippen molar-refractivity contribution in [2.45, 2.75) is 17.0 Å². The number of rotatable bonds is 5. The number of benzene rings is 1. The summed E-state index contributed by atoms with van der Waals surface area (Å²) in [6, 6.07) is 7.28. The molecular formula is C12H12Cl2N2O3. The van der Waals surface area contributed by atoms with Gasteiger partial charge >= 0.3 is 0 Å². The van der Waals surface area contributed by atoms with Gasteiger partial charge in [-0.25, -0.2) is 0 Å². The maximum absolute atomic E-state index is 11.3. The molecule has 0 saturated heterocycles. The van der Waals surface area contributed by atoms with Crippen LogP contribution in [0, 0.1) is 11.3 Å². The van der Waals surface area contributed by atoms with Crippen molar-refractivity contribution >= 4 is 29.1 Å². The Bertz CT molecular complexity index is 488. The maximum Gasteiger partial charge on any atom is 0.253 e. The molecule has 2 unspecified atom stereocenters. The average Bonchev–Trinajstić information content (AvgIpc) is 2.43. The molecule has 102 valence electrons. The van der Waals surface area contributed by atoms with Gasteiger partial charge in [-0.1, -0.05) is 41.4 Å². The zero-order valence-electron chi connectivity index (χ0n) is 9.75. The number of alkyl halides is 2. The molecule has 0 bridgehead atoms. The lowest BCUT2D eigenvalue weighted by molar-refractivity contribution is -0.121. The molecule has 0 aliphatic heterocycles. The van der Waals surface area contributed by atoms with Crippen LogP contribution >= 0.6 is 23.2 Å². The topological polar surface area (TPSA) is 93.3 Å². The minimum atomic E-state index is -1.30. The van der Waals surface area contributed by atoms with Gasteiger partial charge in [0.15, 0.2) is 4.84 Å². The summed E-state index contributed by atoms with van der Waals surface area (Å²) in [5.74, 6) is -0.726. The third kappa shape index (κ3) is 4.08. The summed E-state index contributed by atoms with van der Waals surface area (Å²) < 4.78 is 0. The molecule has 0 aliphatic carbocycles. The van der Waals surface area contributed by atoms with E-state index in [4.69, 9.17) is 28.5 Å². The van der Waals surface area contributed by atoms with Crippen LogP contribution in [0.1, 0.15) is 17.2 Å². The highest BCUT2D eigenvalue weighted by molar-refractivity contribution is 6.53. The Kier molecular flexibility index (Phi) is 6.06. The molecule has 1 amide bonds. The van der Waals surface area contributed by atoms with Crippen LogP contribution < -0.4 is 5.32 Å². The first kappa shape index (κ1) is 15.7. The van der Waals surface area contributed by atoms with Gasteiger partial charge in [0, 0.05) is 5.56 Å². The quantitative estimate of drug-likeness (QED) is 0.704. The van der Waals surface area contributed by atoms with E-state index in [9.17, 15) is 15.0 Å². The van der Waals surface area contributed by atoms with Crippen molar-refractivity contribution < 1.29 is 15.0 Å². The number of carbonyl (C=O) groups excluding carboxylic acids is 1. The van der Waals surface area contributed by atoms with E-state index < -0.39 is 29.5 Å². The fraction of sp³-hybridized carbons (Fsp3) is 0.333. The first-order valence-electron chi connectivity index (χ1n) is 5.37. The van der Waals surface area contributed by atoms with E-state index in [-0.39, 0.29) is 5.56 Å². The van der Waals surface area contributed by atoms with Crippen LogP contribution in [0.5, 0.6) is 0 Å². The molecule has 1 rings (SSSR count). The van der Waals surface area contributed by atoms with Gasteiger partial charge in [-0.3, -0.25) is 4.79 Å². The van der Waals surface area contributed by atoms with Gasteiger partial charge in [-0.2, -0.15) is 5.26 Å². The number of nitrogens with zero attached hydrogens (tertiary/aromatic N) is 1. The second-order valence-electron chi connectivity index (χ2n) is 3.74. The van der Waals surface area contributed by atoms with Crippen molar-refractivity contribution in [1.29, 1.82) is 5.26 Å². The Morgan fingerprint density at radius 3 is 2.58 bits per heavy atom. The van der Waals surface area contributed by atoms with Crippen LogP contribution in [0.25, 0.3) is 0 Å². The first-order chi connectivity index (χ1) is 9.01. The molecule has 3 N–H and O–H groups in total. The molecule has 5 nitrogen and oxygen atoms in total. The van der Waals surface area contributed by atoms with Crippen LogP contribution in [-0.2, 0) is 4.79 Å². The fourth-order valence-corrected chi connectivity index (χ4v) is 1.67. The van der Waals surface area contributed by atoms with Crippen LogP contribution in [0.4, 0.5) is 0 Å². The second kappa shape index (κ2) is 7.31. The third-order valence-corrected chi connectivity index (χ3v) is 2.90. The summed E-state index contributed by atoms with van der Waals surface area (Å²) in [6.45, 7) is -0.521. The second-order valence-corrected chi connectivity index (χ2v) is 4.84. The van der Waals surface area contributed by atoms with Gasteiger partial charge in [0.2, 0.25) is 0 Å². The van der Waals surface area contributed by atoms with Gasteiger partial charge in [-0.05, 0) is 6.07 Å². The Balaban J connectivity index is 2.93. The largest absolute Gasteiger partial charge is 0.394 e. The summed E-state index contributed by atoms with van der Waals surface area (Å²) in [7, 11) is 0. The highest BCUT2D eigenvalue weighted by atomic mass is 35.5. The van der Waals surface area contributed by atoms with Crippen molar-refractivity contribution in [2.75, 3.05) is 6.61 Å². The van der Waals surface area contributed by atoms with Crippen LogP contribution in [0.15, 0.2) is 24.3 Å². The van der Waals surface area contributed by atoms with Gasteiger partial charge in [0.1, 0.15) is 6.10 Å². The molecule has 0 aromatic heterocycles. The Hall–Kier alpha value is -1.32. The molecule has 0 saturated carbocycles. The number of hydrogen-bond acceptors (Lipinski definition) is 4. The zero-order chi connectivity index (χ0) is 14.4. The van der Waals surface area contributed by atoms with E-state index in [1.165, 1.54) is 12.1 Å².